The molecule has 2 N–H and O–H groups in total. The van der Waals surface area contributed by atoms with Gasteiger partial charge in [0.1, 0.15) is 17.9 Å². The summed E-state index contributed by atoms with van der Waals surface area (Å²) in [4.78, 5) is 22.3. The van der Waals surface area contributed by atoms with Crippen LogP contribution in [0.25, 0.3) is 0 Å². The zero-order valence-electron chi connectivity index (χ0n) is 13.8. The maximum atomic E-state index is 12.1. The molecule has 1 aromatic carbocycles. The number of nitrogens with one attached hydrogen (secondary N) is 2. The minimum atomic E-state index is -0.214. The Morgan fingerprint density at radius 3 is 2.92 bits per heavy atom. The molecule has 1 aliphatic heterocycles. The molecule has 2 aromatic rings. The number of carbonyl (C=O) groups is 1. The Hall–Kier alpha value is -2.83. The van der Waals surface area contributed by atoms with Gasteiger partial charge in [0.05, 0.1) is 12.6 Å². The van der Waals surface area contributed by atoms with Gasteiger partial charge in [-0.25, -0.2) is 14.8 Å². The topological polar surface area (TPSA) is 79.4 Å². The zero-order valence-corrected chi connectivity index (χ0v) is 13.8. The van der Waals surface area contributed by atoms with E-state index < -0.39 is 0 Å². The third-order valence-corrected chi connectivity index (χ3v) is 3.85. The molecular weight excluding hydrogens is 306 g/mol. The number of nitrogens with zero attached hydrogens (tertiary/aromatic N) is 3. The molecule has 0 bridgehead atoms. The Morgan fingerprint density at radius 1 is 1.38 bits per heavy atom. The van der Waals surface area contributed by atoms with Crippen LogP contribution in [0.4, 0.5) is 16.3 Å². The molecule has 126 valence electrons. The first kappa shape index (κ1) is 16.0. The number of rotatable bonds is 5. The van der Waals surface area contributed by atoms with E-state index in [0.29, 0.717) is 12.3 Å². The van der Waals surface area contributed by atoms with Crippen molar-refractivity contribution in [2.75, 3.05) is 29.9 Å². The quantitative estimate of drug-likeness (QED) is 0.880. The van der Waals surface area contributed by atoms with Crippen LogP contribution in [0.3, 0.4) is 0 Å². The Balaban J connectivity index is 1.49. The van der Waals surface area contributed by atoms with E-state index in [1.807, 2.05) is 38.1 Å². The standard InChI is InChI=1S/C17H21N5O2/c1-3-24-15-8-13(5-4-12(15)2)20-17(23)21-14-9-22(10-14)16-6-7-18-11-19-16/h4-8,11,14H,3,9-10H2,1-2H3,(H2,20,21,23). The smallest absolute Gasteiger partial charge is 0.319 e. The van der Waals surface area contributed by atoms with E-state index in [1.165, 1.54) is 6.33 Å². The van der Waals surface area contributed by atoms with Gasteiger partial charge in [-0.1, -0.05) is 6.07 Å². The van der Waals surface area contributed by atoms with Gasteiger partial charge in [-0.15, -0.1) is 0 Å². The van der Waals surface area contributed by atoms with Crippen LogP contribution in [0.15, 0.2) is 36.8 Å². The van der Waals surface area contributed by atoms with Crippen LogP contribution in [0.5, 0.6) is 5.75 Å². The van der Waals surface area contributed by atoms with E-state index in [0.717, 1.165) is 30.2 Å². The van der Waals surface area contributed by atoms with E-state index in [-0.39, 0.29) is 12.1 Å². The second-order valence-electron chi connectivity index (χ2n) is 5.68. The molecule has 0 saturated carbocycles. The van der Waals surface area contributed by atoms with Crippen LogP contribution >= 0.6 is 0 Å². The van der Waals surface area contributed by atoms with Crippen molar-refractivity contribution in [1.82, 2.24) is 15.3 Å². The maximum absolute atomic E-state index is 12.1. The average Bonchev–Trinajstić information content (AvgIpc) is 2.55. The summed E-state index contributed by atoms with van der Waals surface area (Å²) in [5.74, 6) is 1.66. The van der Waals surface area contributed by atoms with Crippen LogP contribution in [-0.4, -0.2) is 41.7 Å². The molecule has 3 rings (SSSR count). The number of carbonyl (C=O) groups excluding carboxylic acids is 1. The van der Waals surface area contributed by atoms with Crippen molar-refractivity contribution < 1.29 is 9.53 Å². The normalized spacial score (nSPS) is 14.0. The summed E-state index contributed by atoms with van der Waals surface area (Å²) in [5, 5.41) is 5.80. The summed E-state index contributed by atoms with van der Waals surface area (Å²) in [6.07, 6.45) is 3.24. The Labute approximate surface area is 141 Å². The molecule has 1 saturated heterocycles. The van der Waals surface area contributed by atoms with E-state index in [2.05, 4.69) is 25.5 Å². The Bertz CT molecular complexity index is 701. The van der Waals surface area contributed by atoms with Gasteiger partial charge in [0.15, 0.2) is 0 Å². The Morgan fingerprint density at radius 2 is 2.21 bits per heavy atom. The molecule has 2 amide bonds. The predicted octanol–water partition coefficient (Wildman–Crippen LogP) is 2.19. The van der Waals surface area contributed by atoms with Crippen molar-refractivity contribution in [2.45, 2.75) is 19.9 Å². The largest absolute Gasteiger partial charge is 0.494 e. The molecule has 7 heteroatoms. The number of hydrogen-bond donors (Lipinski definition) is 2. The molecule has 0 radical (unpaired) electrons. The molecule has 1 fully saturated rings. The summed E-state index contributed by atoms with van der Waals surface area (Å²) in [7, 11) is 0. The molecule has 0 atom stereocenters. The van der Waals surface area contributed by atoms with Crippen LogP contribution < -0.4 is 20.3 Å². The highest BCUT2D eigenvalue weighted by atomic mass is 16.5. The molecule has 1 aliphatic rings. The highest BCUT2D eigenvalue weighted by Gasteiger charge is 2.28. The molecule has 2 heterocycles. The van der Waals surface area contributed by atoms with E-state index >= 15 is 0 Å². The van der Waals surface area contributed by atoms with E-state index in [4.69, 9.17) is 4.74 Å². The molecule has 1 aromatic heterocycles. The minimum Gasteiger partial charge on any atom is -0.494 e. The van der Waals surface area contributed by atoms with Gasteiger partial charge < -0.3 is 20.3 Å². The molecule has 7 nitrogen and oxygen atoms in total. The van der Waals surface area contributed by atoms with Crippen molar-refractivity contribution in [3.63, 3.8) is 0 Å². The lowest BCUT2D eigenvalue weighted by Crippen LogP contribution is -2.60. The third-order valence-electron chi connectivity index (χ3n) is 3.85. The SMILES string of the molecule is CCOc1cc(NC(=O)NC2CN(c3ccncn3)C2)ccc1C. The van der Waals surface area contributed by atoms with Crippen molar-refractivity contribution in [3.8, 4) is 5.75 Å². The fraction of sp³-hybridized carbons (Fsp3) is 0.353. The van der Waals surface area contributed by atoms with Crippen LogP contribution in [0.2, 0.25) is 0 Å². The predicted molar refractivity (Wildman–Crippen MR) is 92.5 cm³/mol. The fourth-order valence-corrected chi connectivity index (χ4v) is 2.57. The van der Waals surface area contributed by atoms with Gasteiger partial charge in [0, 0.05) is 31.0 Å². The molecule has 0 spiro atoms. The maximum Gasteiger partial charge on any atom is 0.319 e. The molecule has 0 aliphatic carbocycles. The van der Waals surface area contributed by atoms with Gasteiger partial charge in [0.25, 0.3) is 0 Å². The first-order chi connectivity index (χ1) is 11.7. The number of urea groups is 1. The fourth-order valence-electron chi connectivity index (χ4n) is 2.57. The van der Waals surface area contributed by atoms with E-state index in [9.17, 15) is 4.79 Å². The van der Waals surface area contributed by atoms with E-state index in [1.54, 1.807) is 6.20 Å². The molecule has 0 unspecified atom stereocenters. The lowest BCUT2D eigenvalue weighted by atomic mass is 10.1. The number of amides is 2. The average molecular weight is 327 g/mol. The van der Waals surface area contributed by atoms with Gasteiger partial charge in [0.2, 0.25) is 0 Å². The second kappa shape index (κ2) is 7.16. The number of aromatic nitrogens is 2. The monoisotopic (exact) mass is 327 g/mol. The van der Waals surface area contributed by atoms with Crippen LogP contribution in [-0.2, 0) is 0 Å². The van der Waals surface area contributed by atoms with Gasteiger partial charge >= 0.3 is 6.03 Å². The van der Waals surface area contributed by atoms with Crippen molar-refractivity contribution in [1.29, 1.82) is 0 Å². The highest BCUT2D eigenvalue weighted by Crippen LogP contribution is 2.23. The summed E-state index contributed by atoms with van der Waals surface area (Å²) in [6, 6.07) is 7.39. The first-order valence-electron chi connectivity index (χ1n) is 7.97. The van der Waals surface area contributed by atoms with Crippen molar-refractivity contribution in [2.24, 2.45) is 0 Å². The minimum absolute atomic E-state index is 0.108. The lowest BCUT2D eigenvalue weighted by molar-refractivity contribution is 0.245. The summed E-state index contributed by atoms with van der Waals surface area (Å²) < 4.78 is 5.54. The van der Waals surface area contributed by atoms with Gasteiger partial charge in [-0.05, 0) is 31.5 Å². The number of ether oxygens (including phenoxy) is 1. The van der Waals surface area contributed by atoms with Gasteiger partial charge in [-0.2, -0.15) is 0 Å². The number of hydrogen-bond acceptors (Lipinski definition) is 5. The summed E-state index contributed by atoms with van der Waals surface area (Å²) in [5.41, 5.74) is 1.76. The number of aryl methyl sites for hydroxylation is 1. The molecular formula is C17H21N5O2. The first-order valence-corrected chi connectivity index (χ1v) is 7.97. The van der Waals surface area contributed by atoms with Crippen LogP contribution in [0.1, 0.15) is 12.5 Å². The number of anilines is 2. The second-order valence-corrected chi connectivity index (χ2v) is 5.68. The molecule has 24 heavy (non-hydrogen) atoms. The highest BCUT2D eigenvalue weighted by molar-refractivity contribution is 5.90. The lowest BCUT2D eigenvalue weighted by Gasteiger charge is -2.40. The van der Waals surface area contributed by atoms with Crippen molar-refractivity contribution in [3.05, 3.63) is 42.4 Å². The summed E-state index contributed by atoms with van der Waals surface area (Å²) in [6.45, 7) is 5.99. The number of benzene rings is 1. The summed E-state index contributed by atoms with van der Waals surface area (Å²) >= 11 is 0. The van der Waals surface area contributed by atoms with Crippen molar-refractivity contribution >= 4 is 17.5 Å². The zero-order chi connectivity index (χ0) is 16.9. The van der Waals surface area contributed by atoms with Crippen LogP contribution in [0, 0.1) is 6.92 Å². The Kier molecular flexibility index (Phi) is 4.79. The van der Waals surface area contributed by atoms with Gasteiger partial charge in [-0.3, -0.25) is 0 Å². The third kappa shape index (κ3) is 3.73.